The van der Waals surface area contributed by atoms with Crippen molar-refractivity contribution < 1.29 is 9.84 Å². The molecule has 0 unspecified atom stereocenters. The summed E-state index contributed by atoms with van der Waals surface area (Å²) < 4.78 is 5.79. The Hall–Kier alpha value is -2.10. The molecule has 3 heteroatoms. The summed E-state index contributed by atoms with van der Waals surface area (Å²) in [6, 6.07) is 21.6. The average molecular weight is 296 g/mol. The fourth-order valence-corrected chi connectivity index (χ4v) is 2.86. The fourth-order valence-electron chi connectivity index (χ4n) is 2.13. The lowest BCUT2D eigenvalue weighted by Crippen LogP contribution is -1.99. The van der Waals surface area contributed by atoms with Gasteiger partial charge < -0.3 is 9.84 Å². The van der Waals surface area contributed by atoms with Crippen molar-refractivity contribution in [2.75, 3.05) is 0 Å². The Morgan fingerprint density at radius 1 is 0.952 bits per heavy atom. The number of ether oxygens (including phenoxy) is 1. The number of thiophene rings is 1. The summed E-state index contributed by atoms with van der Waals surface area (Å²) in [7, 11) is 0. The number of aliphatic hydroxyl groups is 1. The van der Waals surface area contributed by atoms with Crippen LogP contribution in [0.4, 0.5) is 0 Å². The third-order valence-corrected chi connectivity index (χ3v) is 4.16. The van der Waals surface area contributed by atoms with E-state index in [9.17, 15) is 5.11 Å². The van der Waals surface area contributed by atoms with Gasteiger partial charge in [-0.3, -0.25) is 0 Å². The van der Waals surface area contributed by atoms with E-state index in [0.717, 1.165) is 21.8 Å². The predicted molar refractivity (Wildman–Crippen MR) is 85.6 cm³/mol. The highest BCUT2D eigenvalue weighted by atomic mass is 32.1. The molecule has 1 atom stereocenters. The molecule has 1 aromatic heterocycles. The van der Waals surface area contributed by atoms with Gasteiger partial charge >= 0.3 is 0 Å². The lowest BCUT2D eigenvalue weighted by molar-refractivity contribution is 0.223. The van der Waals surface area contributed by atoms with Crippen LogP contribution in [0.5, 0.6) is 5.75 Å². The van der Waals surface area contributed by atoms with Gasteiger partial charge in [-0.1, -0.05) is 48.5 Å². The van der Waals surface area contributed by atoms with Gasteiger partial charge in [0, 0.05) is 4.88 Å². The first kappa shape index (κ1) is 13.9. The van der Waals surface area contributed by atoms with Crippen molar-refractivity contribution in [1.29, 1.82) is 0 Å². The zero-order valence-electron chi connectivity index (χ0n) is 11.5. The standard InChI is InChI=1S/C18H16O2S/c19-18(17-10-5-11-21-17)15-8-4-9-16(12-15)20-13-14-6-2-1-3-7-14/h1-12,18-19H,13H2/t18-/m1/s1. The van der Waals surface area contributed by atoms with E-state index in [1.807, 2.05) is 72.1 Å². The van der Waals surface area contributed by atoms with Gasteiger partial charge in [0.25, 0.3) is 0 Å². The Bertz CT molecular complexity index is 677. The van der Waals surface area contributed by atoms with Crippen molar-refractivity contribution in [1.82, 2.24) is 0 Å². The zero-order chi connectivity index (χ0) is 14.5. The van der Waals surface area contributed by atoms with Gasteiger partial charge in [-0.2, -0.15) is 0 Å². The Morgan fingerprint density at radius 2 is 1.81 bits per heavy atom. The topological polar surface area (TPSA) is 29.5 Å². The molecule has 0 bridgehead atoms. The molecule has 0 fully saturated rings. The Morgan fingerprint density at radius 3 is 2.57 bits per heavy atom. The molecule has 21 heavy (non-hydrogen) atoms. The Kier molecular flexibility index (Phi) is 4.34. The molecular weight excluding hydrogens is 280 g/mol. The van der Waals surface area contributed by atoms with Crippen LogP contribution >= 0.6 is 11.3 Å². The quantitative estimate of drug-likeness (QED) is 0.755. The lowest BCUT2D eigenvalue weighted by Gasteiger charge is -2.12. The molecule has 0 aliphatic carbocycles. The van der Waals surface area contributed by atoms with Crippen molar-refractivity contribution in [3.05, 3.63) is 88.1 Å². The van der Waals surface area contributed by atoms with E-state index in [1.54, 1.807) is 11.3 Å². The summed E-state index contributed by atoms with van der Waals surface area (Å²) in [4.78, 5) is 0.940. The largest absolute Gasteiger partial charge is 0.489 e. The molecule has 0 amide bonds. The normalized spacial score (nSPS) is 12.0. The van der Waals surface area contributed by atoms with Crippen molar-refractivity contribution in [2.24, 2.45) is 0 Å². The molecule has 3 aromatic rings. The zero-order valence-corrected chi connectivity index (χ0v) is 12.3. The highest BCUT2D eigenvalue weighted by molar-refractivity contribution is 7.10. The highest BCUT2D eigenvalue weighted by Crippen LogP contribution is 2.28. The first-order valence-corrected chi connectivity index (χ1v) is 7.69. The van der Waals surface area contributed by atoms with Gasteiger partial charge in [0.05, 0.1) is 0 Å². The lowest BCUT2D eigenvalue weighted by atomic mass is 10.1. The summed E-state index contributed by atoms with van der Waals surface area (Å²) in [6.07, 6.45) is -0.592. The molecule has 0 aliphatic heterocycles. The molecule has 2 nitrogen and oxygen atoms in total. The molecular formula is C18H16O2S. The van der Waals surface area contributed by atoms with Crippen molar-refractivity contribution >= 4 is 11.3 Å². The third kappa shape index (κ3) is 3.51. The predicted octanol–water partition coefficient (Wildman–Crippen LogP) is 4.41. The molecule has 0 saturated carbocycles. The summed E-state index contributed by atoms with van der Waals surface area (Å²) in [5.41, 5.74) is 1.98. The van der Waals surface area contributed by atoms with Crippen LogP contribution in [0.3, 0.4) is 0 Å². The van der Waals surface area contributed by atoms with Crippen LogP contribution in [0.25, 0.3) is 0 Å². The molecule has 2 aromatic carbocycles. The van der Waals surface area contributed by atoms with Crippen molar-refractivity contribution in [2.45, 2.75) is 12.7 Å². The number of hydrogen-bond donors (Lipinski definition) is 1. The first-order chi connectivity index (χ1) is 10.3. The number of hydrogen-bond acceptors (Lipinski definition) is 3. The highest BCUT2D eigenvalue weighted by Gasteiger charge is 2.11. The van der Waals surface area contributed by atoms with E-state index >= 15 is 0 Å². The monoisotopic (exact) mass is 296 g/mol. The maximum atomic E-state index is 10.3. The second-order valence-electron chi connectivity index (χ2n) is 4.76. The molecule has 0 aliphatic rings. The number of aliphatic hydroxyl groups excluding tert-OH is 1. The van der Waals surface area contributed by atoms with Crippen LogP contribution in [0.2, 0.25) is 0 Å². The van der Waals surface area contributed by atoms with Gasteiger partial charge in [0.15, 0.2) is 0 Å². The third-order valence-electron chi connectivity index (χ3n) is 3.23. The molecule has 0 spiro atoms. The second kappa shape index (κ2) is 6.57. The Labute approximate surface area is 128 Å². The summed E-state index contributed by atoms with van der Waals surface area (Å²) in [6.45, 7) is 0.527. The van der Waals surface area contributed by atoms with E-state index in [-0.39, 0.29) is 0 Å². The van der Waals surface area contributed by atoms with Crippen molar-refractivity contribution in [3.8, 4) is 5.75 Å². The van der Waals surface area contributed by atoms with Gasteiger partial charge in [-0.15, -0.1) is 11.3 Å². The summed E-state index contributed by atoms with van der Waals surface area (Å²) in [5.74, 6) is 0.770. The first-order valence-electron chi connectivity index (χ1n) is 6.81. The van der Waals surface area contributed by atoms with Gasteiger partial charge in [0.2, 0.25) is 0 Å². The van der Waals surface area contributed by atoms with E-state index in [1.165, 1.54) is 0 Å². The van der Waals surface area contributed by atoms with Crippen LogP contribution in [0, 0.1) is 0 Å². The molecule has 0 saturated heterocycles. The molecule has 1 N–H and O–H groups in total. The molecule has 0 radical (unpaired) electrons. The average Bonchev–Trinajstić information content (AvgIpc) is 3.08. The maximum Gasteiger partial charge on any atom is 0.120 e. The van der Waals surface area contributed by atoms with E-state index in [0.29, 0.717) is 6.61 Å². The molecule has 3 rings (SSSR count). The van der Waals surface area contributed by atoms with Crippen LogP contribution in [-0.4, -0.2) is 5.11 Å². The minimum absolute atomic E-state index is 0.527. The van der Waals surface area contributed by atoms with Crippen LogP contribution in [0.1, 0.15) is 22.1 Å². The minimum Gasteiger partial charge on any atom is -0.489 e. The summed E-state index contributed by atoms with van der Waals surface area (Å²) >= 11 is 1.55. The fraction of sp³-hybridized carbons (Fsp3) is 0.111. The SMILES string of the molecule is O[C@H](c1cccc(OCc2ccccc2)c1)c1cccs1. The summed E-state index contributed by atoms with van der Waals surface area (Å²) in [5, 5.41) is 12.3. The minimum atomic E-state index is -0.592. The molecule has 106 valence electrons. The maximum absolute atomic E-state index is 10.3. The van der Waals surface area contributed by atoms with Gasteiger partial charge in [-0.25, -0.2) is 0 Å². The van der Waals surface area contributed by atoms with Crippen LogP contribution in [0.15, 0.2) is 72.1 Å². The van der Waals surface area contributed by atoms with Gasteiger partial charge in [-0.05, 0) is 34.7 Å². The number of benzene rings is 2. The van der Waals surface area contributed by atoms with Gasteiger partial charge in [0.1, 0.15) is 18.5 Å². The molecule has 1 heterocycles. The Balaban J connectivity index is 1.71. The van der Waals surface area contributed by atoms with Crippen LogP contribution < -0.4 is 4.74 Å². The van der Waals surface area contributed by atoms with E-state index in [4.69, 9.17) is 4.74 Å². The number of rotatable bonds is 5. The second-order valence-corrected chi connectivity index (χ2v) is 5.74. The van der Waals surface area contributed by atoms with E-state index in [2.05, 4.69) is 0 Å². The van der Waals surface area contributed by atoms with E-state index < -0.39 is 6.10 Å². The smallest absolute Gasteiger partial charge is 0.120 e. The van der Waals surface area contributed by atoms with Crippen LogP contribution in [-0.2, 0) is 6.61 Å². The van der Waals surface area contributed by atoms with Crippen molar-refractivity contribution in [3.63, 3.8) is 0 Å².